The molecule has 0 unspecified atom stereocenters. The summed E-state index contributed by atoms with van der Waals surface area (Å²) in [5, 5.41) is 0. The van der Waals surface area contributed by atoms with E-state index in [9.17, 15) is 4.79 Å². The second-order valence-electron chi connectivity index (χ2n) is 4.08. The summed E-state index contributed by atoms with van der Waals surface area (Å²) in [5.74, 6) is -0.263. The van der Waals surface area contributed by atoms with E-state index in [-0.39, 0.29) is 5.97 Å². The molecule has 0 aromatic heterocycles. The predicted molar refractivity (Wildman–Crippen MR) is 71.5 cm³/mol. The number of hydrogen-bond acceptors (Lipinski definition) is 3. The average molecular weight is 298 g/mol. The van der Waals surface area contributed by atoms with Crippen LogP contribution in [0.15, 0.2) is 22.7 Å². The molecule has 0 saturated carbocycles. The lowest BCUT2D eigenvalue weighted by atomic mass is 10.2. The zero-order valence-corrected chi connectivity index (χ0v) is 11.5. The molecule has 1 saturated heterocycles. The fraction of sp³-hybridized carbons (Fsp3) is 0.462. The second kappa shape index (κ2) is 5.54. The lowest BCUT2D eigenvalue weighted by Crippen LogP contribution is -2.18. The molecule has 3 nitrogen and oxygen atoms in total. The molecule has 1 fully saturated rings. The molecule has 1 aliphatic rings. The summed E-state index contributed by atoms with van der Waals surface area (Å²) in [6, 6.07) is 5.66. The Hall–Kier alpha value is -1.03. The smallest absolute Gasteiger partial charge is 0.338 e. The first-order chi connectivity index (χ1) is 8.22. The molecule has 0 atom stereocenters. The number of nitrogens with zero attached hydrogens (tertiary/aromatic N) is 1. The molecule has 4 heteroatoms. The maximum atomic E-state index is 11.6. The summed E-state index contributed by atoms with van der Waals surface area (Å²) < 4.78 is 5.94. The molecule has 2 rings (SSSR count). The number of ether oxygens (including phenoxy) is 1. The Morgan fingerprint density at radius 2 is 2.12 bits per heavy atom. The standard InChI is InChI=1S/C13H16BrNO2/c1-2-17-13(16)10-5-6-12(11(14)9-10)15-7-3-4-8-15/h5-6,9H,2-4,7-8H2,1H3. The van der Waals surface area contributed by atoms with Crippen molar-refractivity contribution >= 4 is 27.6 Å². The van der Waals surface area contributed by atoms with Crippen LogP contribution in [0.5, 0.6) is 0 Å². The van der Waals surface area contributed by atoms with Crippen molar-refractivity contribution in [1.29, 1.82) is 0 Å². The van der Waals surface area contributed by atoms with Gasteiger partial charge in [-0.3, -0.25) is 0 Å². The van der Waals surface area contributed by atoms with E-state index in [2.05, 4.69) is 20.8 Å². The third kappa shape index (κ3) is 2.80. The van der Waals surface area contributed by atoms with Gasteiger partial charge in [-0.2, -0.15) is 0 Å². The molecule has 17 heavy (non-hydrogen) atoms. The summed E-state index contributed by atoms with van der Waals surface area (Å²) in [6.45, 7) is 4.41. The van der Waals surface area contributed by atoms with E-state index in [4.69, 9.17) is 4.74 Å². The lowest BCUT2D eigenvalue weighted by molar-refractivity contribution is 0.0526. The molecule has 0 aliphatic carbocycles. The van der Waals surface area contributed by atoms with Crippen LogP contribution in [0.4, 0.5) is 5.69 Å². The van der Waals surface area contributed by atoms with Gasteiger partial charge >= 0.3 is 5.97 Å². The van der Waals surface area contributed by atoms with Crippen molar-refractivity contribution in [3.8, 4) is 0 Å². The highest BCUT2D eigenvalue weighted by atomic mass is 79.9. The molecule has 0 bridgehead atoms. The number of esters is 1. The van der Waals surface area contributed by atoms with Gasteiger partial charge in [0.25, 0.3) is 0 Å². The van der Waals surface area contributed by atoms with Gasteiger partial charge in [0.15, 0.2) is 0 Å². The van der Waals surface area contributed by atoms with Crippen molar-refractivity contribution in [3.05, 3.63) is 28.2 Å². The largest absolute Gasteiger partial charge is 0.462 e. The molecule has 1 heterocycles. The first-order valence-electron chi connectivity index (χ1n) is 5.94. The first kappa shape index (κ1) is 12.4. The third-order valence-corrected chi connectivity index (χ3v) is 3.54. The van der Waals surface area contributed by atoms with Crippen molar-refractivity contribution in [2.24, 2.45) is 0 Å². The Kier molecular flexibility index (Phi) is 4.05. The van der Waals surface area contributed by atoms with Crippen LogP contribution in [-0.2, 0) is 4.74 Å². The Morgan fingerprint density at radius 1 is 1.41 bits per heavy atom. The molecular weight excluding hydrogens is 282 g/mol. The highest BCUT2D eigenvalue weighted by Crippen LogP contribution is 2.30. The number of benzene rings is 1. The van der Waals surface area contributed by atoms with E-state index in [0.29, 0.717) is 12.2 Å². The van der Waals surface area contributed by atoms with Gasteiger partial charge in [-0.05, 0) is 53.9 Å². The summed E-state index contributed by atoms with van der Waals surface area (Å²) in [7, 11) is 0. The molecule has 1 aliphatic heterocycles. The predicted octanol–water partition coefficient (Wildman–Crippen LogP) is 3.23. The normalized spacial score (nSPS) is 15.1. The van der Waals surface area contributed by atoms with E-state index in [1.807, 2.05) is 25.1 Å². The number of anilines is 1. The van der Waals surface area contributed by atoms with Crippen LogP contribution in [-0.4, -0.2) is 25.7 Å². The molecule has 0 N–H and O–H groups in total. The lowest BCUT2D eigenvalue weighted by Gasteiger charge is -2.19. The van der Waals surface area contributed by atoms with Gasteiger partial charge in [0.2, 0.25) is 0 Å². The molecule has 0 amide bonds. The molecule has 0 radical (unpaired) electrons. The van der Waals surface area contributed by atoms with E-state index < -0.39 is 0 Å². The van der Waals surface area contributed by atoms with E-state index in [0.717, 1.165) is 23.2 Å². The molecule has 0 spiro atoms. The SMILES string of the molecule is CCOC(=O)c1ccc(N2CCCC2)c(Br)c1. The molecular formula is C13H16BrNO2. The summed E-state index contributed by atoms with van der Waals surface area (Å²) >= 11 is 3.53. The van der Waals surface area contributed by atoms with Crippen LogP contribution in [0.25, 0.3) is 0 Å². The number of carbonyl (C=O) groups excluding carboxylic acids is 1. The topological polar surface area (TPSA) is 29.5 Å². The Morgan fingerprint density at radius 3 is 2.71 bits per heavy atom. The Bertz CT molecular complexity index is 414. The van der Waals surface area contributed by atoms with Crippen molar-refractivity contribution in [3.63, 3.8) is 0 Å². The Labute approximate surface area is 110 Å². The molecule has 1 aromatic rings. The Balaban J connectivity index is 2.19. The zero-order chi connectivity index (χ0) is 12.3. The minimum atomic E-state index is -0.263. The van der Waals surface area contributed by atoms with E-state index in [1.165, 1.54) is 12.8 Å². The minimum absolute atomic E-state index is 0.263. The van der Waals surface area contributed by atoms with Gasteiger partial charge in [-0.15, -0.1) is 0 Å². The minimum Gasteiger partial charge on any atom is -0.462 e. The second-order valence-corrected chi connectivity index (χ2v) is 4.94. The van der Waals surface area contributed by atoms with Gasteiger partial charge in [-0.1, -0.05) is 0 Å². The van der Waals surface area contributed by atoms with Crippen LogP contribution < -0.4 is 4.90 Å². The van der Waals surface area contributed by atoms with Gasteiger partial charge in [0.1, 0.15) is 0 Å². The zero-order valence-electron chi connectivity index (χ0n) is 9.91. The molecule has 92 valence electrons. The van der Waals surface area contributed by atoms with E-state index in [1.54, 1.807) is 0 Å². The number of rotatable bonds is 3. The number of carbonyl (C=O) groups is 1. The third-order valence-electron chi connectivity index (χ3n) is 2.91. The quantitative estimate of drug-likeness (QED) is 0.802. The van der Waals surface area contributed by atoms with Gasteiger partial charge in [-0.25, -0.2) is 4.79 Å². The molecule has 1 aromatic carbocycles. The highest BCUT2D eigenvalue weighted by molar-refractivity contribution is 9.10. The monoisotopic (exact) mass is 297 g/mol. The summed E-state index contributed by atoms with van der Waals surface area (Å²) in [5.41, 5.74) is 1.76. The maximum absolute atomic E-state index is 11.6. The van der Waals surface area contributed by atoms with Crippen LogP contribution in [0.1, 0.15) is 30.1 Å². The highest BCUT2D eigenvalue weighted by Gasteiger charge is 2.16. The van der Waals surface area contributed by atoms with Crippen LogP contribution in [0.2, 0.25) is 0 Å². The van der Waals surface area contributed by atoms with Crippen molar-refractivity contribution in [1.82, 2.24) is 0 Å². The van der Waals surface area contributed by atoms with Crippen molar-refractivity contribution in [2.45, 2.75) is 19.8 Å². The maximum Gasteiger partial charge on any atom is 0.338 e. The fourth-order valence-corrected chi connectivity index (χ4v) is 2.69. The van der Waals surface area contributed by atoms with Crippen molar-refractivity contribution in [2.75, 3.05) is 24.6 Å². The first-order valence-corrected chi connectivity index (χ1v) is 6.73. The van der Waals surface area contributed by atoms with Crippen LogP contribution in [0.3, 0.4) is 0 Å². The van der Waals surface area contributed by atoms with Crippen molar-refractivity contribution < 1.29 is 9.53 Å². The number of hydrogen-bond donors (Lipinski definition) is 0. The average Bonchev–Trinajstić information content (AvgIpc) is 2.82. The van der Waals surface area contributed by atoms with Gasteiger partial charge in [0, 0.05) is 17.6 Å². The summed E-state index contributed by atoms with van der Waals surface area (Å²) in [4.78, 5) is 13.9. The van der Waals surface area contributed by atoms with Gasteiger partial charge < -0.3 is 9.64 Å². The van der Waals surface area contributed by atoms with Crippen LogP contribution in [0, 0.1) is 0 Å². The van der Waals surface area contributed by atoms with Crippen LogP contribution >= 0.6 is 15.9 Å². The van der Waals surface area contributed by atoms with E-state index >= 15 is 0 Å². The fourth-order valence-electron chi connectivity index (χ4n) is 2.06. The summed E-state index contributed by atoms with van der Waals surface area (Å²) in [6.07, 6.45) is 2.48. The van der Waals surface area contributed by atoms with Gasteiger partial charge in [0.05, 0.1) is 17.9 Å². The number of halogens is 1.